The van der Waals surface area contributed by atoms with Crippen molar-refractivity contribution in [3.8, 4) is 66.8 Å². The van der Waals surface area contributed by atoms with Gasteiger partial charge in [-0.25, -0.2) is 39.5 Å². The van der Waals surface area contributed by atoms with Crippen molar-refractivity contribution in [2.45, 2.75) is 0 Å². The highest BCUT2D eigenvalue weighted by Crippen LogP contribution is 2.45. The van der Waals surface area contributed by atoms with E-state index in [4.69, 9.17) is 13.3 Å². The molecule has 0 saturated carbocycles. The van der Waals surface area contributed by atoms with E-state index in [0.717, 1.165) is 0 Å². The SMILES string of the molecule is Fc1cc(F)c(-c2ccc3oc4c(-c5cc(-c6ccnc7c6oc6ccc(-c8c(F)cc(F)cc8F)cc67)cc(-c6ccnc7c6oc6ccc(-c8c(F)cc(F)cc8F)cc67)c5)ccnc4c3c2)c(F)c1. The van der Waals surface area contributed by atoms with Crippen molar-refractivity contribution in [3.05, 3.63) is 198 Å². The highest BCUT2D eigenvalue weighted by atomic mass is 19.2. The largest absolute Gasteiger partial charge is 0.454 e. The molecule has 15 heteroatoms. The molecule has 348 valence electrons. The molecule has 0 amide bonds. The number of hydrogen-bond donors (Lipinski definition) is 0. The van der Waals surface area contributed by atoms with Gasteiger partial charge in [0.15, 0.2) is 16.7 Å². The summed E-state index contributed by atoms with van der Waals surface area (Å²) in [5, 5.41) is 1.25. The molecule has 13 rings (SSSR count). The fourth-order valence-corrected chi connectivity index (χ4v) is 9.67. The molecule has 0 unspecified atom stereocenters. The Hall–Kier alpha value is -9.24. The van der Waals surface area contributed by atoms with Gasteiger partial charge in [-0.05, 0) is 106 Å². The predicted octanol–water partition coefficient (Wildman–Crippen LogP) is 16.8. The molecule has 0 saturated heterocycles. The number of aromatic nitrogens is 3. The maximum atomic E-state index is 15.0. The van der Waals surface area contributed by atoms with Crippen LogP contribution in [0.15, 0.2) is 159 Å². The van der Waals surface area contributed by atoms with Gasteiger partial charge in [0.2, 0.25) is 0 Å². The first-order valence-electron chi connectivity index (χ1n) is 21.9. The van der Waals surface area contributed by atoms with E-state index in [2.05, 4.69) is 15.0 Å². The summed E-state index contributed by atoms with van der Waals surface area (Å²) < 4.78 is 151. The molecule has 0 N–H and O–H groups in total. The van der Waals surface area contributed by atoms with Crippen LogP contribution in [-0.2, 0) is 0 Å². The Morgan fingerprint density at radius 3 is 0.806 bits per heavy atom. The van der Waals surface area contributed by atoms with Crippen LogP contribution in [0.25, 0.3) is 133 Å². The average Bonchev–Trinajstić information content (AvgIpc) is 4.04. The van der Waals surface area contributed by atoms with Crippen molar-refractivity contribution in [2.24, 2.45) is 0 Å². The number of pyridine rings is 3. The number of rotatable bonds is 6. The molecule has 72 heavy (non-hydrogen) atoms. The molecule has 0 aliphatic rings. The minimum Gasteiger partial charge on any atom is -0.454 e. The van der Waals surface area contributed by atoms with Crippen molar-refractivity contribution in [3.63, 3.8) is 0 Å². The van der Waals surface area contributed by atoms with Gasteiger partial charge in [-0.1, -0.05) is 18.2 Å². The third-order valence-corrected chi connectivity index (χ3v) is 12.8. The molecule has 13 aromatic rings. The molecule has 6 heterocycles. The molecular weight excluding hydrogens is 946 g/mol. The third kappa shape index (κ3) is 6.72. The van der Waals surface area contributed by atoms with E-state index in [1.54, 1.807) is 55.0 Å². The second-order valence-electron chi connectivity index (χ2n) is 17.1. The second-order valence-corrected chi connectivity index (χ2v) is 17.1. The normalized spacial score (nSPS) is 12.0. The first kappa shape index (κ1) is 42.8. The number of nitrogens with zero attached hydrogens (tertiary/aromatic N) is 3. The minimum atomic E-state index is -1.09. The Balaban J connectivity index is 1.02. The van der Waals surface area contributed by atoms with Crippen LogP contribution in [0.4, 0.5) is 39.5 Å². The van der Waals surface area contributed by atoms with Crippen LogP contribution >= 0.6 is 0 Å². The number of halogens is 9. The van der Waals surface area contributed by atoms with Crippen molar-refractivity contribution in [2.75, 3.05) is 0 Å². The zero-order chi connectivity index (χ0) is 49.3. The zero-order valence-corrected chi connectivity index (χ0v) is 36.3. The van der Waals surface area contributed by atoms with E-state index >= 15 is 26.3 Å². The van der Waals surface area contributed by atoms with Crippen LogP contribution in [0.1, 0.15) is 0 Å². The predicted molar refractivity (Wildman–Crippen MR) is 254 cm³/mol. The van der Waals surface area contributed by atoms with Gasteiger partial charge in [-0.15, -0.1) is 0 Å². The van der Waals surface area contributed by atoms with Crippen LogP contribution in [0.3, 0.4) is 0 Å². The minimum absolute atomic E-state index is 0.122. The fraction of sp³-hybridized carbons (Fsp3) is 0. The lowest BCUT2D eigenvalue weighted by Crippen LogP contribution is -1.92. The van der Waals surface area contributed by atoms with Crippen LogP contribution < -0.4 is 0 Å². The van der Waals surface area contributed by atoms with Gasteiger partial charge in [-0.3, -0.25) is 15.0 Å². The van der Waals surface area contributed by atoms with Crippen LogP contribution in [0.5, 0.6) is 0 Å². The standard InChI is InChI=1S/C57H24F9N3O3/c58-31-19-40(61)49(41(62)20-31)25-1-4-46-37(16-25)52-55(70-46)34(7-10-67-52)28-13-29(35-8-11-68-53-38-17-26(2-5-47(38)71-56(35)53)50-42(63)21-32(59)22-43(50)64)15-30(14-28)36-9-12-69-54-39-18-27(3-6-48(39)72-57(36)54)51-44(65)23-33(60)24-45(51)66/h1-24H. The summed E-state index contributed by atoms with van der Waals surface area (Å²) in [7, 11) is 0. The third-order valence-electron chi connectivity index (χ3n) is 12.8. The molecule has 6 aromatic heterocycles. The molecule has 0 fully saturated rings. The van der Waals surface area contributed by atoms with Crippen LogP contribution in [0, 0.1) is 52.4 Å². The molecule has 0 aliphatic heterocycles. The highest BCUT2D eigenvalue weighted by molar-refractivity contribution is 6.12. The second kappa shape index (κ2) is 15.9. The summed E-state index contributed by atoms with van der Waals surface area (Å²) >= 11 is 0. The summed E-state index contributed by atoms with van der Waals surface area (Å²) in [6.07, 6.45) is 4.65. The number of benzene rings is 7. The number of furan rings is 3. The monoisotopic (exact) mass is 969 g/mol. The first-order chi connectivity index (χ1) is 34.8. The Labute approximate surface area is 397 Å². The van der Waals surface area contributed by atoms with Crippen molar-refractivity contribution in [1.29, 1.82) is 0 Å². The van der Waals surface area contributed by atoms with Crippen LogP contribution in [0.2, 0.25) is 0 Å². The molecule has 6 nitrogen and oxygen atoms in total. The van der Waals surface area contributed by atoms with E-state index in [9.17, 15) is 13.2 Å². The summed E-state index contributed by atoms with van der Waals surface area (Å²) in [6.45, 7) is 0. The smallest absolute Gasteiger partial charge is 0.161 e. The lowest BCUT2D eigenvalue weighted by Gasteiger charge is -2.12. The highest BCUT2D eigenvalue weighted by Gasteiger charge is 2.24. The maximum Gasteiger partial charge on any atom is 0.161 e. The van der Waals surface area contributed by atoms with Gasteiger partial charge in [0.1, 0.15) is 85.7 Å². The Bertz CT molecular complexity index is 3950. The molecule has 0 aliphatic carbocycles. The van der Waals surface area contributed by atoms with Crippen molar-refractivity contribution < 1.29 is 52.8 Å². The molecule has 0 spiro atoms. The van der Waals surface area contributed by atoms with Gasteiger partial charge < -0.3 is 13.3 Å². The summed E-state index contributed by atoms with van der Waals surface area (Å²) in [6, 6.07) is 27.9. The molecule has 0 radical (unpaired) electrons. The lowest BCUT2D eigenvalue weighted by atomic mass is 9.93. The molecular formula is C57H24F9N3O3. The van der Waals surface area contributed by atoms with Gasteiger partial charge in [0.05, 0.1) is 16.7 Å². The van der Waals surface area contributed by atoms with E-state index < -0.39 is 69.0 Å². The van der Waals surface area contributed by atoms with E-state index in [1.807, 2.05) is 18.2 Å². The maximum absolute atomic E-state index is 15.0. The zero-order valence-electron chi connectivity index (χ0n) is 36.3. The topological polar surface area (TPSA) is 78.1 Å². The molecule has 0 bridgehead atoms. The summed E-state index contributed by atoms with van der Waals surface area (Å²) in [5.74, 6) is -9.72. The first-order valence-corrected chi connectivity index (χ1v) is 21.9. The van der Waals surface area contributed by atoms with Gasteiger partial charge in [-0.2, -0.15) is 0 Å². The molecule has 0 atom stereocenters. The quantitative estimate of drug-likeness (QED) is 0.155. The summed E-state index contributed by atoms with van der Waals surface area (Å²) in [5.41, 5.74) is 5.36. The fourth-order valence-electron chi connectivity index (χ4n) is 9.67. The van der Waals surface area contributed by atoms with Gasteiger partial charge >= 0.3 is 0 Å². The van der Waals surface area contributed by atoms with Crippen molar-refractivity contribution >= 4 is 66.2 Å². The van der Waals surface area contributed by atoms with E-state index in [0.29, 0.717) is 136 Å². The Kier molecular flexibility index (Phi) is 9.46. The van der Waals surface area contributed by atoms with Gasteiger partial charge in [0, 0.05) is 87.8 Å². The number of fused-ring (bicyclic) bond motifs is 9. The number of hydrogen-bond acceptors (Lipinski definition) is 6. The average molecular weight is 970 g/mol. The lowest BCUT2D eigenvalue weighted by molar-refractivity contribution is 0.547. The molecule has 7 aromatic carbocycles. The Morgan fingerprint density at radius 1 is 0.278 bits per heavy atom. The van der Waals surface area contributed by atoms with Gasteiger partial charge in [0.25, 0.3) is 0 Å². The van der Waals surface area contributed by atoms with Crippen LogP contribution in [-0.4, -0.2) is 15.0 Å². The van der Waals surface area contributed by atoms with Crippen molar-refractivity contribution in [1.82, 2.24) is 15.0 Å². The summed E-state index contributed by atoms with van der Waals surface area (Å²) in [4.78, 5) is 13.8. The van der Waals surface area contributed by atoms with E-state index in [1.165, 1.54) is 36.4 Å². The Morgan fingerprint density at radius 2 is 0.542 bits per heavy atom. The van der Waals surface area contributed by atoms with E-state index in [-0.39, 0.29) is 16.7 Å².